The normalized spacial score (nSPS) is 15.6. The molecule has 1 amide bonds. The summed E-state index contributed by atoms with van der Waals surface area (Å²) in [6.45, 7) is 4.85. The Morgan fingerprint density at radius 3 is 2.65 bits per heavy atom. The first-order chi connectivity index (χ1) is 15.1. The third-order valence-electron chi connectivity index (χ3n) is 5.42. The first-order valence-electron chi connectivity index (χ1n) is 10.1. The van der Waals surface area contributed by atoms with Crippen molar-refractivity contribution in [2.75, 3.05) is 32.8 Å². The highest BCUT2D eigenvalue weighted by atomic mass is 35.5. The predicted octanol–water partition coefficient (Wildman–Crippen LogP) is 4.25. The van der Waals surface area contributed by atoms with Crippen molar-refractivity contribution >= 4 is 17.5 Å². The lowest BCUT2D eigenvalue weighted by molar-refractivity contribution is 0.0162. The SMILES string of the molecule is Cc1onc(-c2c(F)cccc2Cl)c1C(=O)NCC(c1ccccc1)N1CCOCC1. The third-order valence-corrected chi connectivity index (χ3v) is 5.73. The maximum absolute atomic E-state index is 14.5. The van der Waals surface area contributed by atoms with Gasteiger partial charge in [0.15, 0.2) is 0 Å². The second kappa shape index (κ2) is 9.60. The van der Waals surface area contributed by atoms with Crippen LogP contribution in [0, 0.1) is 12.7 Å². The van der Waals surface area contributed by atoms with E-state index in [-0.39, 0.29) is 33.8 Å². The number of carbonyl (C=O) groups excluding carboxylic acids is 1. The number of aromatic nitrogens is 1. The van der Waals surface area contributed by atoms with Gasteiger partial charge < -0.3 is 14.6 Å². The highest BCUT2D eigenvalue weighted by Crippen LogP contribution is 2.33. The van der Waals surface area contributed by atoms with Gasteiger partial charge in [-0.2, -0.15) is 0 Å². The lowest BCUT2D eigenvalue weighted by atomic mass is 10.0. The number of hydrogen-bond donors (Lipinski definition) is 1. The van der Waals surface area contributed by atoms with E-state index in [0.29, 0.717) is 25.5 Å². The zero-order valence-corrected chi connectivity index (χ0v) is 17.9. The first-order valence-corrected chi connectivity index (χ1v) is 10.5. The highest BCUT2D eigenvalue weighted by Gasteiger charge is 2.27. The molecule has 2 heterocycles. The van der Waals surface area contributed by atoms with Gasteiger partial charge in [0.05, 0.1) is 29.8 Å². The second-order valence-corrected chi connectivity index (χ2v) is 7.75. The number of ether oxygens (including phenoxy) is 1. The van der Waals surface area contributed by atoms with Gasteiger partial charge in [0.1, 0.15) is 22.8 Å². The Hall–Kier alpha value is -2.74. The van der Waals surface area contributed by atoms with E-state index < -0.39 is 5.82 Å². The fourth-order valence-electron chi connectivity index (χ4n) is 3.83. The summed E-state index contributed by atoms with van der Waals surface area (Å²) in [5.74, 6) is -0.651. The molecule has 1 unspecified atom stereocenters. The molecule has 6 nitrogen and oxygen atoms in total. The van der Waals surface area contributed by atoms with E-state index in [2.05, 4.69) is 15.4 Å². The van der Waals surface area contributed by atoms with Crippen molar-refractivity contribution < 1.29 is 18.4 Å². The van der Waals surface area contributed by atoms with Gasteiger partial charge in [-0.3, -0.25) is 9.69 Å². The van der Waals surface area contributed by atoms with Crippen LogP contribution in [0.25, 0.3) is 11.3 Å². The van der Waals surface area contributed by atoms with Crippen molar-refractivity contribution in [1.82, 2.24) is 15.4 Å². The number of aryl methyl sites for hydroxylation is 1. The van der Waals surface area contributed by atoms with Crippen LogP contribution in [-0.4, -0.2) is 48.8 Å². The van der Waals surface area contributed by atoms with E-state index in [9.17, 15) is 9.18 Å². The summed E-state index contributed by atoms with van der Waals surface area (Å²) in [7, 11) is 0. The smallest absolute Gasteiger partial charge is 0.257 e. The van der Waals surface area contributed by atoms with Crippen LogP contribution < -0.4 is 5.32 Å². The van der Waals surface area contributed by atoms with E-state index in [1.165, 1.54) is 12.1 Å². The Balaban J connectivity index is 1.59. The molecule has 0 saturated carbocycles. The van der Waals surface area contributed by atoms with Crippen molar-refractivity contribution in [3.63, 3.8) is 0 Å². The minimum Gasteiger partial charge on any atom is -0.379 e. The first kappa shape index (κ1) is 21.5. The number of amides is 1. The summed E-state index contributed by atoms with van der Waals surface area (Å²) in [6.07, 6.45) is 0. The maximum Gasteiger partial charge on any atom is 0.257 e. The minimum atomic E-state index is -0.565. The van der Waals surface area contributed by atoms with E-state index in [4.69, 9.17) is 20.9 Å². The summed E-state index contributed by atoms with van der Waals surface area (Å²) >= 11 is 6.19. The van der Waals surface area contributed by atoms with E-state index >= 15 is 0 Å². The van der Waals surface area contributed by atoms with Crippen LogP contribution in [0.5, 0.6) is 0 Å². The van der Waals surface area contributed by atoms with Crippen LogP contribution in [0.4, 0.5) is 4.39 Å². The third kappa shape index (κ3) is 4.63. The fraction of sp³-hybridized carbons (Fsp3) is 0.304. The number of hydrogen-bond acceptors (Lipinski definition) is 5. The quantitative estimate of drug-likeness (QED) is 0.617. The summed E-state index contributed by atoms with van der Waals surface area (Å²) in [4.78, 5) is 15.4. The Kier molecular flexibility index (Phi) is 6.65. The molecule has 1 aromatic heterocycles. The van der Waals surface area contributed by atoms with Gasteiger partial charge in [-0.15, -0.1) is 0 Å². The number of carbonyl (C=O) groups is 1. The molecule has 0 spiro atoms. The van der Waals surface area contributed by atoms with Crippen LogP contribution in [0.15, 0.2) is 53.1 Å². The molecule has 1 atom stereocenters. The van der Waals surface area contributed by atoms with E-state index in [1.807, 2.05) is 30.3 Å². The van der Waals surface area contributed by atoms with Crippen LogP contribution >= 0.6 is 11.6 Å². The molecule has 0 bridgehead atoms. The van der Waals surface area contributed by atoms with Gasteiger partial charge in [0.25, 0.3) is 5.91 Å². The zero-order chi connectivity index (χ0) is 21.8. The molecule has 4 rings (SSSR count). The molecule has 31 heavy (non-hydrogen) atoms. The topological polar surface area (TPSA) is 67.6 Å². The molecule has 1 aliphatic heterocycles. The van der Waals surface area contributed by atoms with Gasteiger partial charge in [-0.25, -0.2) is 4.39 Å². The molecular weight excluding hydrogens is 421 g/mol. The molecule has 1 fully saturated rings. The zero-order valence-electron chi connectivity index (χ0n) is 17.1. The Bertz CT molecular complexity index is 1030. The number of morpholine rings is 1. The molecule has 1 aliphatic rings. The van der Waals surface area contributed by atoms with Gasteiger partial charge in [0.2, 0.25) is 0 Å². The van der Waals surface area contributed by atoms with Crippen molar-refractivity contribution in [2.24, 2.45) is 0 Å². The average Bonchev–Trinajstić information content (AvgIpc) is 3.16. The highest BCUT2D eigenvalue weighted by molar-refractivity contribution is 6.33. The number of halogens is 2. The minimum absolute atomic E-state index is 0.0188. The summed E-state index contributed by atoms with van der Waals surface area (Å²) < 4.78 is 25.2. The molecular formula is C23H23ClFN3O3. The van der Waals surface area contributed by atoms with Gasteiger partial charge in [0, 0.05) is 19.6 Å². The number of rotatable bonds is 6. The molecule has 1 N–H and O–H groups in total. The van der Waals surface area contributed by atoms with Crippen molar-refractivity contribution in [3.8, 4) is 11.3 Å². The summed E-state index contributed by atoms with van der Waals surface area (Å²) in [6, 6.07) is 14.3. The standard InChI is InChI=1S/C23H23ClFN3O3/c1-15-20(22(27-31-15)21-17(24)8-5-9-18(21)25)23(29)26-14-19(16-6-3-2-4-7-16)28-10-12-30-13-11-28/h2-9,19H,10-14H2,1H3,(H,26,29). The van der Waals surface area contributed by atoms with E-state index in [0.717, 1.165) is 18.7 Å². The van der Waals surface area contributed by atoms with Gasteiger partial charge in [-0.05, 0) is 24.6 Å². The largest absolute Gasteiger partial charge is 0.379 e. The van der Waals surface area contributed by atoms with E-state index in [1.54, 1.807) is 13.0 Å². The monoisotopic (exact) mass is 443 g/mol. The summed E-state index contributed by atoms with van der Waals surface area (Å²) in [5, 5.41) is 7.07. The predicted molar refractivity (Wildman–Crippen MR) is 116 cm³/mol. The Labute approximate surface area is 184 Å². The Morgan fingerprint density at radius 1 is 1.19 bits per heavy atom. The molecule has 2 aromatic carbocycles. The van der Waals surface area contributed by atoms with Crippen LogP contribution in [0.3, 0.4) is 0 Å². The molecule has 8 heteroatoms. The number of benzene rings is 2. The van der Waals surface area contributed by atoms with Crippen molar-refractivity contribution in [3.05, 3.63) is 76.3 Å². The molecule has 1 saturated heterocycles. The molecule has 3 aromatic rings. The second-order valence-electron chi connectivity index (χ2n) is 7.34. The van der Waals surface area contributed by atoms with Crippen LogP contribution in [0.1, 0.15) is 27.7 Å². The van der Waals surface area contributed by atoms with Gasteiger partial charge in [-0.1, -0.05) is 53.2 Å². The van der Waals surface area contributed by atoms with Crippen LogP contribution in [-0.2, 0) is 4.74 Å². The molecule has 162 valence electrons. The number of nitrogens with one attached hydrogen (secondary N) is 1. The molecule has 0 aliphatic carbocycles. The number of nitrogens with zero attached hydrogens (tertiary/aromatic N) is 2. The van der Waals surface area contributed by atoms with Crippen molar-refractivity contribution in [2.45, 2.75) is 13.0 Å². The fourth-order valence-corrected chi connectivity index (χ4v) is 4.09. The lowest BCUT2D eigenvalue weighted by Crippen LogP contribution is -2.43. The average molecular weight is 444 g/mol. The van der Waals surface area contributed by atoms with Crippen LogP contribution in [0.2, 0.25) is 5.02 Å². The Morgan fingerprint density at radius 2 is 1.94 bits per heavy atom. The maximum atomic E-state index is 14.5. The molecule has 0 radical (unpaired) electrons. The summed E-state index contributed by atoms with van der Waals surface area (Å²) in [5.41, 5.74) is 1.43. The van der Waals surface area contributed by atoms with Crippen molar-refractivity contribution in [1.29, 1.82) is 0 Å². The van der Waals surface area contributed by atoms with Gasteiger partial charge >= 0.3 is 0 Å². The lowest BCUT2D eigenvalue weighted by Gasteiger charge is -2.35.